The van der Waals surface area contributed by atoms with E-state index in [1.807, 2.05) is 6.92 Å². The molecule has 1 aromatic heterocycles. The highest BCUT2D eigenvalue weighted by Gasteiger charge is 2.14. The van der Waals surface area contributed by atoms with Crippen LogP contribution in [-0.2, 0) is 11.3 Å². The lowest BCUT2D eigenvalue weighted by Crippen LogP contribution is -2.09. The second kappa shape index (κ2) is 5.56. The summed E-state index contributed by atoms with van der Waals surface area (Å²) in [7, 11) is 0. The number of ether oxygens (including phenoxy) is 1. The van der Waals surface area contributed by atoms with Crippen molar-refractivity contribution in [3.63, 3.8) is 0 Å². The molecular formula is C11H16O4. The fraction of sp³-hybridized carbons (Fsp3) is 0.545. The summed E-state index contributed by atoms with van der Waals surface area (Å²) in [6, 6.07) is 1.63. The Labute approximate surface area is 88.8 Å². The van der Waals surface area contributed by atoms with Crippen LogP contribution in [0.25, 0.3) is 0 Å². The van der Waals surface area contributed by atoms with E-state index in [9.17, 15) is 4.79 Å². The first-order valence-corrected chi connectivity index (χ1v) is 5.06. The predicted octanol–water partition coefficient (Wildman–Crippen LogP) is 2.68. The van der Waals surface area contributed by atoms with Crippen LogP contribution in [0.1, 0.15) is 42.8 Å². The topological polar surface area (TPSA) is 59.7 Å². The zero-order valence-corrected chi connectivity index (χ0v) is 9.03. The van der Waals surface area contributed by atoms with E-state index in [1.54, 1.807) is 6.07 Å². The summed E-state index contributed by atoms with van der Waals surface area (Å²) in [5.74, 6) is -1.08. The molecular weight excluding hydrogens is 196 g/mol. The molecule has 0 aliphatic rings. The second-order valence-electron chi connectivity index (χ2n) is 3.49. The van der Waals surface area contributed by atoms with Gasteiger partial charge in [-0.1, -0.05) is 13.3 Å². The van der Waals surface area contributed by atoms with Crippen molar-refractivity contribution in [2.75, 3.05) is 0 Å². The molecule has 15 heavy (non-hydrogen) atoms. The molecule has 0 saturated heterocycles. The molecule has 0 saturated carbocycles. The van der Waals surface area contributed by atoms with Gasteiger partial charge in [0.1, 0.15) is 0 Å². The van der Waals surface area contributed by atoms with E-state index >= 15 is 0 Å². The molecule has 0 spiro atoms. The van der Waals surface area contributed by atoms with Crippen LogP contribution in [0.15, 0.2) is 16.7 Å². The van der Waals surface area contributed by atoms with Crippen LogP contribution in [0.3, 0.4) is 0 Å². The lowest BCUT2D eigenvalue weighted by Gasteiger charge is -2.10. The number of furan rings is 1. The highest BCUT2D eigenvalue weighted by Crippen LogP contribution is 2.13. The minimum absolute atomic E-state index is 0.0290. The molecule has 0 radical (unpaired) electrons. The fourth-order valence-corrected chi connectivity index (χ4v) is 1.36. The van der Waals surface area contributed by atoms with Gasteiger partial charge >= 0.3 is 5.97 Å². The van der Waals surface area contributed by atoms with E-state index in [0.29, 0.717) is 12.2 Å². The molecule has 84 valence electrons. The van der Waals surface area contributed by atoms with Crippen LogP contribution in [0.4, 0.5) is 0 Å². The van der Waals surface area contributed by atoms with Crippen LogP contribution in [0.5, 0.6) is 0 Å². The van der Waals surface area contributed by atoms with Gasteiger partial charge in [0, 0.05) is 5.56 Å². The number of aromatic carboxylic acids is 1. The van der Waals surface area contributed by atoms with Crippen molar-refractivity contribution >= 4 is 5.97 Å². The van der Waals surface area contributed by atoms with Gasteiger partial charge in [-0.15, -0.1) is 0 Å². The maximum Gasteiger partial charge on any atom is 0.372 e. The molecule has 1 aromatic rings. The number of hydrogen-bond donors (Lipinski definition) is 1. The van der Waals surface area contributed by atoms with Gasteiger partial charge in [-0.3, -0.25) is 0 Å². The van der Waals surface area contributed by atoms with Crippen molar-refractivity contribution in [2.45, 2.75) is 39.4 Å². The van der Waals surface area contributed by atoms with E-state index in [4.69, 9.17) is 14.3 Å². The Morgan fingerprint density at radius 2 is 2.40 bits per heavy atom. The first-order valence-electron chi connectivity index (χ1n) is 5.06. The van der Waals surface area contributed by atoms with Crippen LogP contribution >= 0.6 is 0 Å². The molecule has 1 N–H and O–H groups in total. The van der Waals surface area contributed by atoms with Crippen molar-refractivity contribution < 1.29 is 19.1 Å². The van der Waals surface area contributed by atoms with Gasteiger partial charge in [0.05, 0.1) is 19.0 Å². The van der Waals surface area contributed by atoms with E-state index in [0.717, 1.165) is 12.8 Å². The predicted molar refractivity (Wildman–Crippen MR) is 54.8 cm³/mol. The summed E-state index contributed by atoms with van der Waals surface area (Å²) in [6.07, 6.45) is 3.54. The molecule has 0 aromatic carbocycles. The quantitative estimate of drug-likeness (QED) is 0.787. The Bertz CT molecular complexity index is 316. The van der Waals surface area contributed by atoms with Crippen LogP contribution in [0.2, 0.25) is 0 Å². The zero-order chi connectivity index (χ0) is 11.3. The minimum Gasteiger partial charge on any atom is -0.475 e. The van der Waals surface area contributed by atoms with Gasteiger partial charge in [-0.05, 0) is 19.4 Å². The molecule has 1 heterocycles. The van der Waals surface area contributed by atoms with Gasteiger partial charge in [0.15, 0.2) is 0 Å². The highest BCUT2D eigenvalue weighted by molar-refractivity contribution is 5.85. The van der Waals surface area contributed by atoms with Gasteiger partial charge in [0.2, 0.25) is 5.76 Å². The van der Waals surface area contributed by atoms with Crippen LogP contribution < -0.4 is 0 Å². The SMILES string of the molecule is CCCC(C)OCc1ccoc1C(=O)O. The summed E-state index contributed by atoms with van der Waals surface area (Å²) in [5.41, 5.74) is 0.588. The Kier molecular flexibility index (Phi) is 4.37. The molecule has 4 nitrogen and oxygen atoms in total. The smallest absolute Gasteiger partial charge is 0.372 e. The maximum absolute atomic E-state index is 10.7. The van der Waals surface area contributed by atoms with Gasteiger partial charge in [-0.2, -0.15) is 0 Å². The first kappa shape index (κ1) is 11.8. The third kappa shape index (κ3) is 3.40. The number of rotatable bonds is 6. The Hall–Kier alpha value is -1.29. The van der Waals surface area contributed by atoms with Crippen LogP contribution in [-0.4, -0.2) is 17.2 Å². The fourth-order valence-electron chi connectivity index (χ4n) is 1.36. The largest absolute Gasteiger partial charge is 0.475 e. The van der Waals surface area contributed by atoms with E-state index < -0.39 is 5.97 Å². The summed E-state index contributed by atoms with van der Waals surface area (Å²) in [6.45, 7) is 4.35. The molecule has 1 atom stereocenters. The Morgan fingerprint density at radius 3 is 3.00 bits per heavy atom. The monoisotopic (exact) mass is 212 g/mol. The first-order chi connectivity index (χ1) is 7.15. The molecule has 0 amide bonds. The van der Waals surface area contributed by atoms with Crippen molar-refractivity contribution in [2.24, 2.45) is 0 Å². The molecule has 0 fully saturated rings. The molecule has 4 heteroatoms. The minimum atomic E-state index is -1.05. The molecule has 1 unspecified atom stereocenters. The summed E-state index contributed by atoms with van der Waals surface area (Å²) in [4.78, 5) is 10.7. The standard InChI is InChI=1S/C11H16O4/c1-3-4-8(2)15-7-9-5-6-14-10(9)11(12)13/h5-6,8H,3-4,7H2,1-2H3,(H,12,13). The Morgan fingerprint density at radius 1 is 1.67 bits per heavy atom. The van der Waals surface area contributed by atoms with Crippen molar-refractivity contribution in [3.8, 4) is 0 Å². The van der Waals surface area contributed by atoms with Gasteiger partial charge < -0.3 is 14.3 Å². The van der Waals surface area contributed by atoms with E-state index in [1.165, 1.54) is 6.26 Å². The number of carboxylic acid groups (broad SMARTS) is 1. The van der Waals surface area contributed by atoms with E-state index in [-0.39, 0.29) is 11.9 Å². The molecule has 1 rings (SSSR count). The van der Waals surface area contributed by atoms with Crippen molar-refractivity contribution in [1.82, 2.24) is 0 Å². The average Bonchev–Trinajstić information content (AvgIpc) is 2.63. The lowest BCUT2D eigenvalue weighted by molar-refractivity contribution is 0.0443. The second-order valence-corrected chi connectivity index (χ2v) is 3.49. The summed E-state index contributed by atoms with van der Waals surface area (Å²) in [5, 5.41) is 8.77. The summed E-state index contributed by atoms with van der Waals surface area (Å²) < 4.78 is 10.3. The number of hydrogen-bond acceptors (Lipinski definition) is 3. The number of carboxylic acids is 1. The van der Waals surface area contributed by atoms with Crippen molar-refractivity contribution in [3.05, 3.63) is 23.7 Å². The average molecular weight is 212 g/mol. The summed E-state index contributed by atoms with van der Waals surface area (Å²) >= 11 is 0. The third-order valence-corrected chi connectivity index (χ3v) is 2.16. The molecule has 0 aliphatic carbocycles. The van der Waals surface area contributed by atoms with Gasteiger partial charge in [0.25, 0.3) is 0 Å². The number of carbonyl (C=O) groups is 1. The molecule has 0 bridgehead atoms. The zero-order valence-electron chi connectivity index (χ0n) is 9.03. The highest BCUT2D eigenvalue weighted by atomic mass is 16.5. The normalized spacial score (nSPS) is 12.7. The Balaban J connectivity index is 2.50. The van der Waals surface area contributed by atoms with Crippen molar-refractivity contribution in [1.29, 1.82) is 0 Å². The molecule has 0 aliphatic heterocycles. The maximum atomic E-state index is 10.7. The van der Waals surface area contributed by atoms with Crippen LogP contribution in [0, 0.1) is 0 Å². The third-order valence-electron chi connectivity index (χ3n) is 2.16. The van der Waals surface area contributed by atoms with E-state index in [2.05, 4.69) is 6.92 Å². The van der Waals surface area contributed by atoms with Gasteiger partial charge in [-0.25, -0.2) is 4.79 Å². The lowest BCUT2D eigenvalue weighted by atomic mass is 10.2.